The van der Waals surface area contributed by atoms with E-state index < -0.39 is 0 Å². The van der Waals surface area contributed by atoms with E-state index in [0.717, 1.165) is 41.6 Å². The van der Waals surface area contributed by atoms with Crippen LogP contribution in [0.4, 0.5) is 5.69 Å². The number of hydrogen-bond acceptors (Lipinski definition) is 2. The third kappa shape index (κ3) is 3.10. The lowest BCUT2D eigenvalue weighted by atomic mass is 9.49. The Morgan fingerprint density at radius 1 is 0.968 bits per heavy atom. The number of hydrogen-bond donors (Lipinski definition) is 1. The molecule has 1 aliphatic heterocycles. The number of amides is 2. The van der Waals surface area contributed by atoms with Crippen molar-refractivity contribution in [1.29, 1.82) is 0 Å². The average molecular weight is 415 g/mol. The van der Waals surface area contributed by atoms with Gasteiger partial charge in [-0.05, 0) is 74.8 Å². The van der Waals surface area contributed by atoms with E-state index in [4.69, 9.17) is 0 Å². The molecule has 4 fully saturated rings. The third-order valence-electron chi connectivity index (χ3n) is 8.27. The van der Waals surface area contributed by atoms with E-state index >= 15 is 0 Å². The van der Waals surface area contributed by atoms with Gasteiger partial charge >= 0.3 is 0 Å². The molecule has 1 atom stereocenters. The minimum Gasteiger partial charge on any atom is -0.324 e. The Hall–Kier alpha value is -2.62. The van der Waals surface area contributed by atoms with Gasteiger partial charge in [0.2, 0.25) is 11.8 Å². The first-order valence-electron chi connectivity index (χ1n) is 11.8. The molecule has 0 aromatic heterocycles. The van der Waals surface area contributed by atoms with E-state index in [1.54, 1.807) is 0 Å². The monoisotopic (exact) mass is 414 g/mol. The largest absolute Gasteiger partial charge is 0.324 e. The molecule has 4 bridgehead atoms. The molecule has 4 saturated carbocycles. The summed E-state index contributed by atoms with van der Waals surface area (Å²) in [5.74, 6) is 2.20. The van der Waals surface area contributed by atoms with E-state index in [2.05, 4.69) is 30.4 Å². The fourth-order valence-corrected chi connectivity index (χ4v) is 7.49. The first kappa shape index (κ1) is 19.1. The van der Waals surface area contributed by atoms with Crippen molar-refractivity contribution in [2.45, 2.75) is 51.5 Å². The third-order valence-corrected chi connectivity index (χ3v) is 8.27. The van der Waals surface area contributed by atoms with Gasteiger partial charge in [0.05, 0.1) is 11.5 Å². The van der Waals surface area contributed by atoms with Crippen molar-refractivity contribution in [3.05, 3.63) is 65.2 Å². The van der Waals surface area contributed by atoms with Gasteiger partial charge in [-0.2, -0.15) is 0 Å². The summed E-state index contributed by atoms with van der Waals surface area (Å²) in [6.07, 6.45) is 6.94. The van der Waals surface area contributed by atoms with Crippen LogP contribution in [0.25, 0.3) is 0 Å². The van der Waals surface area contributed by atoms with E-state index in [1.165, 1.54) is 19.3 Å². The fourth-order valence-electron chi connectivity index (χ4n) is 7.49. The second kappa shape index (κ2) is 6.94. The first-order chi connectivity index (χ1) is 15.0. The summed E-state index contributed by atoms with van der Waals surface area (Å²) < 4.78 is 0. The zero-order valence-electron chi connectivity index (χ0n) is 18.1. The highest BCUT2D eigenvalue weighted by molar-refractivity contribution is 5.98. The fraction of sp³-hybridized carbons (Fsp3) is 0.481. The second-order valence-corrected chi connectivity index (χ2v) is 10.6. The minimum absolute atomic E-state index is 0.0957. The molecule has 1 N–H and O–H groups in total. The molecule has 0 spiro atoms. The molecule has 7 rings (SSSR count). The van der Waals surface area contributed by atoms with Crippen LogP contribution in [0.3, 0.4) is 0 Å². The molecule has 5 aliphatic rings. The lowest BCUT2D eigenvalue weighted by Crippen LogP contribution is -2.55. The number of benzene rings is 2. The highest BCUT2D eigenvalue weighted by Crippen LogP contribution is 2.61. The molecule has 2 aromatic rings. The molecule has 4 heteroatoms. The van der Waals surface area contributed by atoms with Crippen molar-refractivity contribution in [1.82, 2.24) is 4.90 Å². The summed E-state index contributed by atoms with van der Waals surface area (Å²) in [5, 5.41) is 3.08. The summed E-state index contributed by atoms with van der Waals surface area (Å²) in [5.41, 5.74) is 3.79. The predicted octanol–water partition coefficient (Wildman–Crippen LogP) is 5.08. The van der Waals surface area contributed by atoms with Crippen LogP contribution in [0.15, 0.2) is 48.5 Å². The van der Waals surface area contributed by atoms with Crippen LogP contribution in [0.5, 0.6) is 0 Å². The van der Waals surface area contributed by atoms with Crippen LogP contribution in [0.1, 0.15) is 61.3 Å². The van der Waals surface area contributed by atoms with Crippen molar-refractivity contribution in [3.8, 4) is 0 Å². The van der Waals surface area contributed by atoms with Gasteiger partial charge in [-0.15, -0.1) is 0 Å². The second-order valence-electron chi connectivity index (χ2n) is 10.6. The molecule has 2 amide bonds. The van der Waals surface area contributed by atoms with E-state index in [1.807, 2.05) is 35.2 Å². The zero-order chi connectivity index (χ0) is 21.2. The van der Waals surface area contributed by atoms with Crippen LogP contribution < -0.4 is 5.32 Å². The van der Waals surface area contributed by atoms with Crippen LogP contribution in [-0.2, 0) is 9.59 Å². The van der Waals surface area contributed by atoms with Crippen LogP contribution >= 0.6 is 0 Å². The van der Waals surface area contributed by atoms with Gasteiger partial charge in [0, 0.05) is 11.3 Å². The number of aryl methyl sites for hydroxylation is 1. The Bertz CT molecular complexity index is 1010. The molecular weight excluding hydrogens is 384 g/mol. The smallest absolute Gasteiger partial charge is 0.244 e. The van der Waals surface area contributed by atoms with E-state index in [9.17, 15) is 9.59 Å². The van der Waals surface area contributed by atoms with Crippen LogP contribution in [-0.4, -0.2) is 23.3 Å². The summed E-state index contributed by atoms with van der Waals surface area (Å²) in [7, 11) is 0. The summed E-state index contributed by atoms with van der Waals surface area (Å²) in [6.45, 7) is 2.19. The molecule has 4 nitrogen and oxygen atoms in total. The maximum atomic E-state index is 14.4. The van der Waals surface area contributed by atoms with Gasteiger partial charge in [0.25, 0.3) is 0 Å². The number of anilines is 1. The maximum Gasteiger partial charge on any atom is 0.244 e. The predicted molar refractivity (Wildman–Crippen MR) is 120 cm³/mol. The Kier molecular flexibility index (Phi) is 4.28. The first-order valence-corrected chi connectivity index (χ1v) is 11.8. The number of rotatable bonds is 2. The Morgan fingerprint density at radius 3 is 2.26 bits per heavy atom. The lowest BCUT2D eigenvalue weighted by molar-refractivity contribution is -0.160. The molecule has 0 saturated heterocycles. The normalized spacial score (nSPS) is 33.6. The molecule has 4 aliphatic carbocycles. The van der Waals surface area contributed by atoms with Gasteiger partial charge in [-0.1, -0.05) is 48.0 Å². The highest BCUT2D eigenvalue weighted by Gasteiger charge is 2.56. The molecule has 0 unspecified atom stereocenters. The summed E-state index contributed by atoms with van der Waals surface area (Å²) in [6, 6.07) is 16.1. The average Bonchev–Trinajstić information content (AvgIpc) is 2.88. The number of nitrogens with one attached hydrogen (secondary N) is 1. The minimum atomic E-state index is -0.267. The van der Waals surface area contributed by atoms with Crippen molar-refractivity contribution in [2.24, 2.45) is 23.2 Å². The van der Waals surface area contributed by atoms with Gasteiger partial charge in [-0.3, -0.25) is 9.59 Å². The van der Waals surface area contributed by atoms with E-state index in [-0.39, 0.29) is 29.8 Å². The molecule has 0 radical (unpaired) electrons. The van der Waals surface area contributed by atoms with Gasteiger partial charge in [0.1, 0.15) is 6.54 Å². The summed E-state index contributed by atoms with van der Waals surface area (Å²) in [4.78, 5) is 29.2. The number of fused-ring (bicyclic) bond motifs is 1. The van der Waals surface area contributed by atoms with Crippen molar-refractivity contribution < 1.29 is 9.59 Å². The highest BCUT2D eigenvalue weighted by atomic mass is 16.2. The lowest BCUT2D eigenvalue weighted by Gasteiger charge is -2.57. The number of carbonyl (C=O) groups excluding carboxylic acids is 2. The van der Waals surface area contributed by atoms with Gasteiger partial charge < -0.3 is 10.2 Å². The molecule has 31 heavy (non-hydrogen) atoms. The number of carbonyl (C=O) groups is 2. The molecule has 160 valence electrons. The van der Waals surface area contributed by atoms with Crippen molar-refractivity contribution in [3.63, 3.8) is 0 Å². The van der Waals surface area contributed by atoms with E-state index in [0.29, 0.717) is 17.8 Å². The SMILES string of the molecule is Cc1ccc2c(c1)[C@@H](c1ccccc1)N(C(=O)C13CC4CC(CC(C4)C1)C3)CC(=O)N2. The summed E-state index contributed by atoms with van der Waals surface area (Å²) >= 11 is 0. The standard InChI is InChI=1S/C27H30N2O2/c1-17-7-8-23-22(9-17)25(21-5-3-2-4-6-21)29(16-24(30)28-23)26(31)27-13-18-10-19(14-27)12-20(11-18)15-27/h2-9,18-20,25H,10-16H2,1H3,(H,28,30)/t18?,19?,20?,25-,27?/m1/s1. The van der Waals surface area contributed by atoms with Gasteiger partial charge in [-0.25, -0.2) is 0 Å². The Balaban J connectivity index is 1.47. The quantitative estimate of drug-likeness (QED) is 0.745. The van der Waals surface area contributed by atoms with Crippen molar-refractivity contribution >= 4 is 17.5 Å². The Morgan fingerprint density at radius 2 is 1.61 bits per heavy atom. The molecular formula is C27H30N2O2. The zero-order valence-corrected chi connectivity index (χ0v) is 18.1. The molecule has 2 aromatic carbocycles. The van der Waals surface area contributed by atoms with Crippen LogP contribution in [0, 0.1) is 30.1 Å². The molecule has 1 heterocycles. The topological polar surface area (TPSA) is 49.4 Å². The Labute approximate surface area is 184 Å². The van der Waals surface area contributed by atoms with Gasteiger partial charge in [0.15, 0.2) is 0 Å². The van der Waals surface area contributed by atoms with Crippen LogP contribution in [0.2, 0.25) is 0 Å². The maximum absolute atomic E-state index is 14.4. The number of nitrogens with zero attached hydrogens (tertiary/aromatic N) is 1. The van der Waals surface area contributed by atoms with Crippen molar-refractivity contribution in [2.75, 3.05) is 11.9 Å².